The molecule has 1 amide bonds. The lowest BCUT2D eigenvalue weighted by Gasteiger charge is -1.99. The molecule has 0 rings (SSSR count). The molecule has 80 valence electrons. The number of methoxy groups -OCH3 is 1. The highest BCUT2D eigenvalue weighted by Crippen LogP contribution is 1.94. The monoisotopic (exact) mass is 311 g/mol. The topological polar surface area (TPSA) is 55.4 Å². The normalized spacial score (nSPS) is 10.1. The lowest BCUT2D eigenvalue weighted by molar-refractivity contribution is -0.140. The van der Waals surface area contributed by atoms with Gasteiger partial charge in [0.2, 0.25) is 5.91 Å². The summed E-state index contributed by atoms with van der Waals surface area (Å²) in [5.74, 6) is -0.706. The van der Waals surface area contributed by atoms with Crippen LogP contribution in [0.5, 0.6) is 0 Å². The van der Waals surface area contributed by atoms with Gasteiger partial charge in [-0.25, -0.2) is 0 Å². The van der Waals surface area contributed by atoms with E-state index < -0.39 is 5.97 Å². The van der Waals surface area contributed by atoms with Crippen LogP contribution in [-0.2, 0) is 14.3 Å². The number of nitrogens with one attached hydrogen (secondary N) is 1. The third-order valence-corrected chi connectivity index (χ3v) is 2.17. The summed E-state index contributed by atoms with van der Waals surface area (Å²) in [6, 6.07) is 0. The first-order valence-electron chi connectivity index (χ1n) is 4.28. The van der Waals surface area contributed by atoms with Crippen LogP contribution in [0, 0.1) is 0 Å². The molecule has 0 saturated heterocycles. The number of rotatable bonds is 6. The number of alkyl halides is 1. The van der Waals surface area contributed by atoms with Crippen LogP contribution in [0.25, 0.3) is 0 Å². The van der Waals surface area contributed by atoms with Gasteiger partial charge in [-0.15, -0.1) is 0 Å². The van der Waals surface area contributed by atoms with Crippen molar-refractivity contribution < 1.29 is 14.3 Å². The van der Waals surface area contributed by atoms with E-state index in [2.05, 4.69) is 32.6 Å². The van der Waals surface area contributed by atoms with Gasteiger partial charge in [0.25, 0.3) is 0 Å². The van der Waals surface area contributed by atoms with Crippen molar-refractivity contribution in [1.82, 2.24) is 5.32 Å². The number of unbranched alkanes of at least 4 members (excludes halogenated alkanes) is 1. The predicted molar refractivity (Wildman–Crippen MR) is 62.3 cm³/mol. The molecule has 0 aromatic heterocycles. The number of allylic oxidation sites excluding steroid dienone is 1. The standard InChI is InChI=1S/C9H14INO3/c1-14-9(13)7-11-8(12)5-3-2-4-6-10/h3,5H,2,4,6-7H2,1H3,(H,11,12). The maximum atomic E-state index is 11.0. The van der Waals surface area contributed by atoms with Crippen molar-refractivity contribution in [2.45, 2.75) is 12.8 Å². The summed E-state index contributed by atoms with van der Waals surface area (Å²) >= 11 is 2.28. The molecule has 14 heavy (non-hydrogen) atoms. The van der Waals surface area contributed by atoms with Gasteiger partial charge in [0.05, 0.1) is 7.11 Å². The van der Waals surface area contributed by atoms with Gasteiger partial charge in [0.15, 0.2) is 0 Å². The Labute approximate surface area is 97.2 Å². The zero-order valence-electron chi connectivity index (χ0n) is 8.09. The Morgan fingerprint density at radius 3 is 2.79 bits per heavy atom. The van der Waals surface area contributed by atoms with Crippen LogP contribution in [0.3, 0.4) is 0 Å². The molecule has 0 heterocycles. The second-order valence-corrected chi connectivity index (χ2v) is 3.61. The van der Waals surface area contributed by atoms with E-state index in [1.54, 1.807) is 6.08 Å². The van der Waals surface area contributed by atoms with E-state index in [1.807, 2.05) is 0 Å². The van der Waals surface area contributed by atoms with Crippen LogP contribution in [0.2, 0.25) is 0 Å². The molecule has 1 N–H and O–H groups in total. The van der Waals surface area contributed by atoms with E-state index in [0.717, 1.165) is 17.3 Å². The van der Waals surface area contributed by atoms with Crippen LogP contribution in [0.1, 0.15) is 12.8 Å². The lowest BCUT2D eigenvalue weighted by Crippen LogP contribution is -2.28. The molecule has 0 atom stereocenters. The van der Waals surface area contributed by atoms with Crippen molar-refractivity contribution in [1.29, 1.82) is 0 Å². The second kappa shape index (κ2) is 8.98. The Morgan fingerprint density at radius 1 is 1.50 bits per heavy atom. The minimum Gasteiger partial charge on any atom is -0.468 e. The summed E-state index contributed by atoms with van der Waals surface area (Å²) in [5.41, 5.74) is 0. The molecule has 0 saturated carbocycles. The van der Waals surface area contributed by atoms with Gasteiger partial charge >= 0.3 is 5.97 Å². The highest BCUT2D eigenvalue weighted by molar-refractivity contribution is 14.1. The van der Waals surface area contributed by atoms with Crippen molar-refractivity contribution in [2.24, 2.45) is 0 Å². The van der Waals surface area contributed by atoms with Crippen molar-refractivity contribution in [3.05, 3.63) is 12.2 Å². The van der Waals surface area contributed by atoms with Gasteiger partial charge in [-0.3, -0.25) is 9.59 Å². The van der Waals surface area contributed by atoms with E-state index in [9.17, 15) is 9.59 Å². The number of hydrogen-bond acceptors (Lipinski definition) is 3. The molecule has 5 heteroatoms. The Morgan fingerprint density at radius 2 is 2.21 bits per heavy atom. The minimum atomic E-state index is -0.445. The fraction of sp³-hybridized carbons (Fsp3) is 0.556. The fourth-order valence-electron chi connectivity index (χ4n) is 0.676. The highest BCUT2D eigenvalue weighted by Gasteiger charge is 2.00. The van der Waals surface area contributed by atoms with Crippen molar-refractivity contribution >= 4 is 34.5 Å². The quantitative estimate of drug-likeness (QED) is 0.262. The molecule has 0 aromatic rings. The van der Waals surface area contributed by atoms with E-state index in [4.69, 9.17) is 0 Å². The first-order valence-corrected chi connectivity index (χ1v) is 5.80. The van der Waals surface area contributed by atoms with Crippen LogP contribution in [0.4, 0.5) is 0 Å². The van der Waals surface area contributed by atoms with Gasteiger partial charge in [0.1, 0.15) is 6.54 Å². The molecule has 0 fully saturated rings. The SMILES string of the molecule is COC(=O)CNC(=O)C=CCCCI. The van der Waals surface area contributed by atoms with E-state index >= 15 is 0 Å². The molecule has 0 aliphatic rings. The molecular weight excluding hydrogens is 297 g/mol. The van der Waals surface area contributed by atoms with Crippen molar-refractivity contribution in [2.75, 3.05) is 18.1 Å². The maximum Gasteiger partial charge on any atom is 0.325 e. The highest BCUT2D eigenvalue weighted by atomic mass is 127. The Bertz CT molecular complexity index is 216. The molecule has 0 bridgehead atoms. The molecule has 4 nitrogen and oxygen atoms in total. The summed E-state index contributed by atoms with van der Waals surface area (Å²) in [7, 11) is 1.28. The van der Waals surface area contributed by atoms with Crippen LogP contribution in [-0.4, -0.2) is 30.0 Å². The second-order valence-electron chi connectivity index (χ2n) is 2.53. The van der Waals surface area contributed by atoms with E-state index in [1.165, 1.54) is 13.2 Å². The third-order valence-electron chi connectivity index (χ3n) is 1.41. The van der Waals surface area contributed by atoms with Gasteiger partial charge in [-0.1, -0.05) is 28.7 Å². The smallest absolute Gasteiger partial charge is 0.325 e. The Kier molecular flexibility index (Phi) is 8.61. The van der Waals surface area contributed by atoms with Crippen LogP contribution >= 0.6 is 22.6 Å². The molecular formula is C9H14INO3. The van der Waals surface area contributed by atoms with Gasteiger partial charge < -0.3 is 10.1 Å². The summed E-state index contributed by atoms with van der Waals surface area (Å²) in [6.07, 6.45) is 5.18. The van der Waals surface area contributed by atoms with Crippen LogP contribution in [0.15, 0.2) is 12.2 Å². The van der Waals surface area contributed by atoms with Crippen LogP contribution < -0.4 is 5.32 Å². The fourth-order valence-corrected chi connectivity index (χ4v) is 1.12. The molecule has 0 aliphatic heterocycles. The number of carbonyl (C=O) groups excluding carboxylic acids is 2. The zero-order chi connectivity index (χ0) is 10.8. The number of carbonyl (C=O) groups is 2. The largest absolute Gasteiger partial charge is 0.468 e. The number of ether oxygens (including phenoxy) is 1. The lowest BCUT2D eigenvalue weighted by atomic mass is 10.3. The molecule has 0 unspecified atom stereocenters. The van der Waals surface area contributed by atoms with Gasteiger partial charge in [-0.05, 0) is 23.3 Å². The molecule has 0 spiro atoms. The average Bonchev–Trinajstić information content (AvgIpc) is 2.21. The predicted octanol–water partition coefficient (Wildman–Crippen LogP) is 1.05. The van der Waals surface area contributed by atoms with Gasteiger partial charge in [0, 0.05) is 0 Å². The maximum absolute atomic E-state index is 11.0. The minimum absolute atomic E-state index is 0.0774. The summed E-state index contributed by atoms with van der Waals surface area (Å²) in [6.45, 7) is -0.0774. The summed E-state index contributed by atoms with van der Waals surface area (Å²) < 4.78 is 5.44. The number of esters is 1. The summed E-state index contributed by atoms with van der Waals surface area (Å²) in [5, 5.41) is 2.41. The summed E-state index contributed by atoms with van der Waals surface area (Å²) in [4.78, 5) is 21.6. The number of hydrogen-bond donors (Lipinski definition) is 1. The first kappa shape index (κ1) is 13.4. The average molecular weight is 311 g/mol. The molecule has 0 aliphatic carbocycles. The molecule has 0 radical (unpaired) electrons. The number of halogens is 1. The Balaban J connectivity index is 3.54. The van der Waals surface area contributed by atoms with Crippen molar-refractivity contribution in [3.8, 4) is 0 Å². The number of amides is 1. The first-order chi connectivity index (χ1) is 6.70. The van der Waals surface area contributed by atoms with E-state index in [-0.39, 0.29) is 12.5 Å². The van der Waals surface area contributed by atoms with E-state index in [0.29, 0.717) is 0 Å². The molecule has 0 aromatic carbocycles. The van der Waals surface area contributed by atoms with Crippen molar-refractivity contribution in [3.63, 3.8) is 0 Å². The third kappa shape index (κ3) is 8.03. The van der Waals surface area contributed by atoms with Gasteiger partial charge in [-0.2, -0.15) is 0 Å². The Hall–Kier alpha value is -0.590. The zero-order valence-corrected chi connectivity index (χ0v) is 10.2.